The summed E-state index contributed by atoms with van der Waals surface area (Å²) in [5.74, 6) is -0.614. The first kappa shape index (κ1) is 26.0. The fourth-order valence-electron chi connectivity index (χ4n) is 3.59. The molecule has 0 aliphatic carbocycles. The fourth-order valence-corrected chi connectivity index (χ4v) is 5.24. The molecule has 4 N–H and O–H groups in total. The second-order valence-electron chi connectivity index (χ2n) is 7.79. The van der Waals surface area contributed by atoms with Gasteiger partial charge in [-0.2, -0.15) is 0 Å². The molecule has 0 fully saturated rings. The van der Waals surface area contributed by atoms with Gasteiger partial charge in [0.05, 0.1) is 10.0 Å². The van der Waals surface area contributed by atoms with Gasteiger partial charge in [-0.1, -0.05) is 31.2 Å². The summed E-state index contributed by atoms with van der Waals surface area (Å²) in [5, 5.41) is 7.29. The van der Waals surface area contributed by atoms with Crippen molar-refractivity contribution in [3.63, 3.8) is 0 Å². The van der Waals surface area contributed by atoms with Crippen LogP contribution < -0.4 is 21.1 Å². The van der Waals surface area contributed by atoms with E-state index in [1.54, 1.807) is 12.1 Å². The molecule has 0 aliphatic heterocycles. The molecular formula is C25H28BrN3O4S. The van der Waals surface area contributed by atoms with Gasteiger partial charge in [-0.25, -0.2) is 0 Å². The lowest BCUT2D eigenvalue weighted by molar-refractivity contribution is -0.131. The van der Waals surface area contributed by atoms with Crippen LogP contribution >= 0.6 is 27.3 Å². The average molecular weight is 546 g/mol. The third kappa shape index (κ3) is 6.73. The number of esters is 1. The minimum Gasteiger partial charge on any atom is -0.425 e. The van der Waals surface area contributed by atoms with Gasteiger partial charge in [0.15, 0.2) is 5.78 Å². The first-order chi connectivity index (χ1) is 16.3. The summed E-state index contributed by atoms with van der Waals surface area (Å²) < 4.78 is 6.53. The number of halogens is 1. The summed E-state index contributed by atoms with van der Waals surface area (Å²) >= 11 is 4.76. The standard InChI is InChI=1S/C25H28BrN3O4S/c1-3-28-10-11-29-14-16-4-6-17(7-5-16)20(31)8-9-22-24(25(27)32)18-12-19(26)21(33-15(2)30)13-23(18)34-22/h4-7,12-13,28-29H,3,8-11,14H2,1-2H3,(H2,27,32). The lowest BCUT2D eigenvalue weighted by atomic mass is 10.0. The van der Waals surface area contributed by atoms with Crippen LogP contribution in [0.4, 0.5) is 0 Å². The van der Waals surface area contributed by atoms with Gasteiger partial charge in [0.25, 0.3) is 0 Å². The lowest BCUT2D eigenvalue weighted by Crippen LogP contribution is -2.26. The molecular weight excluding hydrogens is 518 g/mol. The van der Waals surface area contributed by atoms with Crippen molar-refractivity contribution in [1.82, 2.24) is 10.6 Å². The smallest absolute Gasteiger partial charge is 0.308 e. The monoisotopic (exact) mass is 545 g/mol. The number of benzene rings is 2. The Balaban J connectivity index is 1.69. The Hall–Kier alpha value is -2.59. The Morgan fingerprint density at radius 2 is 1.79 bits per heavy atom. The van der Waals surface area contributed by atoms with Crippen molar-refractivity contribution in [3.8, 4) is 5.75 Å². The Kier molecular flexibility index (Phi) is 9.35. The molecule has 9 heteroatoms. The summed E-state index contributed by atoms with van der Waals surface area (Å²) in [5.41, 5.74) is 7.82. The highest BCUT2D eigenvalue weighted by Gasteiger charge is 2.20. The molecule has 1 aromatic heterocycles. The van der Waals surface area contributed by atoms with Crippen LogP contribution in [-0.4, -0.2) is 37.3 Å². The second kappa shape index (κ2) is 12.2. The third-order valence-corrected chi connectivity index (χ3v) is 7.06. The van der Waals surface area contributed by atoms with Gasteiger partial charge in [0.2, 0.25) is 5.91 Å². The normalized spacial score (nSPS) is 11.0. The maximum atomic E-state index is 12.8. The van der Waals surface area contributed by atoms with Crippen molar-refractivity contribution in [3.05, 3.63) is 62.4 Å². The summed E-state index contributed by atoms with van der Waals surface area (Å²) in [4.78, 5) is 37.1. The number of Topliss-reactive ketones (excluding diaryl/α,β-unsaturated/α-hetero) is 1. The van der Waals surface area contributed by atoms with E-state index in [1.807, 2.05) is 24.3 Å². The molecule has 0 radical (unpaired) electrons. The van der Waals surface area contributed by atoms with Gasteiger partial charge in [-0.3, -0.25) is 14.4 Å². The summed E-state index contributed by atoms with van der Waals surface area (Å²) in [6.07, 6.45) is 0.649. The fraction of sp³-hybridized carbons (Fsp3) is 0.320. The quantitative estimate of drug-likeness (QED) is 0.136. The number of nitrogens with two attached hydrogens (primary N) is 1. The molecule has 3 aromatic rings. The molecule has 7 nitrogen and oxygen atoms in total. The Morgan fingerprint density at radius 3 is 2.44 bits per heavy atom. The largest absolute Gasteiger partial charge is 0.425 e. The number of carbonyl (C=O) groups is 3. The average Bonchev–Trinajstić information content (AvgIpc) is 3.15. The van der Waals surface area contributed by atoms with Crippen molar-refractivity contribution < 1.29 is 19.1 Å². The van der Waals surface area contributed by atoms with Crippen molar-refractivity contribution in [2.75, 3.05) is 19.6 Å². The molecule has 0 unspecified atom stereocenters. The number of likely N-dealkylation sites (N-methyl/N-ethyl adjacent to an activating group) is 1. The maximum absolute atomic E-state index is 12.8. The zero-order chi connectivity index (χ0) is 24.7. The molecule has 0 atom stereocenters. The van der Waals surface area contributed by atoms with Gasteiger partial charge in [0, 0.05) is 53.5 Å². The number of ketones is 1. The second-order valence-corrected chi connectivity index (χ2v) is 9.78. The van der Waals surface area contributed by atoms with Crippen molar-refractivity contribution >= 4 is 55.0 Å². The number of carbonyl (C=O) groups excluding carboxylic acids is 3. The Labute approximate surface area is 211 Å². The van der Waals surface area contributed by atoms with Gasteiger partial charge >= 0.3 is 5.97 Å². The molecule has 2 aromatic carbocycles. The van der Waals surface area contributed by atoms with E-state index >= 15 is 0 Å². The van der Waals surface area contributed by atoms with Gasteiger partial charge in [-0.05, 0) is 46.6 Å². The number of thiophene rings is 1. The van der Waals surface area contributed by atoms with Crippen molar-refractivity contribution in [1.29, 1.82) is 0 Å². The molecule has 0 saturated carbocycles. The van der Waals surface area contributed by atoms with Crippen LogP contribution in [0.5, 0.6) is 5.75 Å². The molecule has 180 valence electrons. The number of nitrogens with one attached hydrogen (secondary N) is 2. The van der Waals surface area contributed by atoms with Gasteiger partial charge in [-0.15, -0.1) is 11.3 Å². The zero-order valence-corrected chi connectivity index (χ0v) is 21.6. The van der Waals surface area contributed by atoms with E-state index in [0.29, 0.717) is 33.2 Å². The topological polar surface area (TPSA) is 111 Å². The highest BCUT2D eigenvalue weighted by Crippen LogP contribution is 2.38. The minimum absolute atomic E-state index is 0.00122. The summed E-state index contributed by atoms with van der Waals surface area (Å²) in [6, 6.07) is 11.0. The molecule has 0 saturated heterocycles. The van der Waals surface area contributed by atoms with E-state index < -0.39 is 11.9 Å². The number of amides is 1. The van der Waals surface area contributed by atoms with Crippen LogP contribution in [0.15, 0.2) is 40.9 Å². The molecule has 0 bridgehead atoms. The van der Waals surface area contributed by atoms with E-state index in [0.717, 1.165) is 41.3 Å². The molecule has 3 rings (SSSR count). The van der Waals surface area contributed by atoms with Crippen LogP contribution in [0.25, 0.3) is 10.1 Å². The first-order valence-electron chi connectivity index (χ1n) is 11.1. The highest BCUT2D eigenvalue weighted by atomic mass is 79.9. The van der Waals surface area contributed by atoms with Crippen LogP contribution in [0, 0.1) is 0 Å². The van der Waals surface area contributed by atoms with E-state index in [4.69, 9.17) is 10.5 Å². The SMILES string of the molecule is CCNCCNCc1ccc(C(=O)CCc2sc3cc(OC(C)=O)c(Br)cc3c2C(N)=O)cc1. The first-order valence-corrected chi connectivity index (χ1v) is 12.7. The number of ether oxygens (including phenoxy) is 1. The number of aryl methyl sites for hydroxylation is 1. The number of rotatable bonds is 12. The number of fused-ring (bicyclic) bond motifs is 1. The van der Waals surface area contributed by atoms with E-state index in [9.17, 15) is 14.4 Å². The molecule has 34 heavy (non-hydrogen) atoms. The maximum Gasteiger partial charge on any atom is 0.308 e. The van der Waals surface area contributed by atoms with Crippen LogP contribution in [-0.2, 0) is 17.8 Å². The predicted molar refractivity (Wildman–Crippen MR) is 139 cm³/mol. The van der Waals surface area contributed by atoms with Gasteiger partial charge in [0.1, 0.15) is 5.75 Å². The zero-order valence-electron chi connectivity index (χ0n) is 19.2. The van der Waals surface area contributed by atoms with Gasteiger partial charge < -0.3 is 21.1 Å². The molecule has 1 amide bonds. The summed E-state index contributed by atoms with van der Waals surface area (Å²) in [6.45, 7) is 6.89. The summed E-state index contributed by atoms with van der Waals surface area (Å²) in [7, 11) is 0. The molecule has 1 heterocycles. The van der Waals surface area contributed by atoms with Crippen molar-refractivity contribution in [2.24, 2.45) is 5.73 Å². The number of hydrogen-bond donors (Lipinski definition) is 3. The van der Waals surface area contributed by atoms with E-state index in [1.165, 1.54) is 18.3 Å². The third-order valence-electron chi connectivity index (χ3n) is 5.23. The lowest BCUT2D eigenvalue weighted by Gasteiger charge is -2.07. The van der Waals surface area contributed by atoms with Crippen molar-refractivity contribution in [2.45, 2.75) is 33.2 Å². The predicted octanol–water partition coefficient (Wildman–Crippen LogP) is 4.20. The number of primary amides is 1. The Morgan fingerprint density at radius 1 is 1.09 bits per heavy atom. The van der Waals surface area contributed by atoms with E-state index in [-0.39, 0.29) is 12.2 Å². The molecule has 0 spiro atoms. The van der Waals surface area contributed by atoms with E-state index in [2.05, 4.69) is 33.5 Å². The van der Waals surface area contributed by atoms with Crippen LogP contribution in [0.2, 0.25) is 0 Å². The molecule has 0 aliphatic rings. The van der Waals surface area contributed by atoms with Crippen LogP contribution in [0.3, 0.4) is 0 Å². The minimum atomic E-state index is -0.549. The van der Waals surface area contributed by atoms with Crippen LogP contribution in [0.1, 0.15) is 51.4 Å². The Bertz CT molecular complexity index is 1190. The number of hydrogen-bond acceptors (Lipinski definition) is 7. The highest BCUT2D eigenvalue weighted by molar-refractivity contribution is 9.10.